The van der Waals surface area contributed by atoms with Crippen molar-refractivity contribution in [3.8, 4) is 23.0 Å². The summed E-state index contributed by atoms with van der Waals surface area (Å²) in [7, 11) is 1.36. The van der Waals surface area contributed by atoms with Crippen molar-refractivity contribution in [3.05, 3.63) is 83.4 Å². The predicted octanol–water partition coefficient (Wildman–Crippen LogP) is 4.98. The van der Waals surface area contributed by atoms with Gasteiger partial charge in [0.25, 0.3) is 5.91 Å². The van der Waals surface area contributed by atoms with Crippen molar-refractivity contribution in [1.29, 1.82) is 0 Å². The first-order chi connectivity index (χ1) is 14.8. The molecule has 0 aromatic heterocycles. The summed E-state index contributed by atoms with van der Waals surface area (Å²) in [6, 6.07) is 15.1. The molecule has 1 amide bonds. The third-order valence-electron chi connectivity index (χ3n) is 4.08. The molecule has 31 heavy (non-hydrogen) atoms. The maximum absolute atomic E-state index is 12.8. The summed E-state index contributed by atoms with van der Waals surface area (Å²) in [6.45, 7) is 0. The number of carbonyl (C=O) groups is 1. The molecule has 0 aliphatic heterocycles. The maximum Gasteiger partial charge on any atom is 0.416 e. The van der Waals surface area contributed by atoms with Gasteiger partial charge in [-0.1, -0.05) is 18.2 Å². The number of phenols is 1. The van der Waals surface area contributed by atoms with Crippen molar-refractivity contribution in [1.82, 2.24) is 5.43 Å². The smallest absolute Gasteiger partial charge is 0.416 e. The number of carbonyl (C=O) groups excluding carboxylic acids is 1. The molecule has 0 radical (unpaired) electrons. The van der Waals surface area contributed by atoms with Crippen LogP contribution in [0.3, 0.4) is 0 Å². The number of alkyl halides is 3. The van der Waals surface area contributed by atoms with Crippen LogP contribution in [-0.2, 0) is 6.18 Å². The first kappa shape index (κ1) is 21.7. The highest BCUT2D eigenvalue weighted by Gasteiger charge is 2.30. The standard InChI is InChI=1S/C22H17F3N2O4/c1-30-20-11-15(8-9-19(20)28)21(29)27-26-13-14-4-2-6-17(10-14)31-18-7-3-5-16(12-18)22(23,24)25/h2-13,28H,1H3,(H,27,29). The molecule has 0 atom stereocenters. The molecular weight excluding hydrogens is 413 g/mol. The fourth-order valence-electron chi connectivity index (χ4n) is 2.58. The zero-order valence-corrected chi connectivity index (χ0v) is 16.2. The number of nitrogens with one attached hydrogen (secondary N) is 1. The first-order valence-electron chi connectivity index (χ1n) is 8.92. The van der Waals surface area contributed by atoms with Gasteiger partial charge < -0.3 is 14.6 Å². The van der Waals surface area contributed by atoms with E-state index in [2.05, 4.69) is 10.5 Å². The van der Waals surface area contributed by atoms with E-state index < -0.39 is 17.6 Å². The lowest BCUT2D eigenvalue weighted by Gasteiger charge is -2.10. The molecule has 6 nitrogen and oxygen atoms in total. The first-order valence-corrected chi connectivity index (χ1v) is 8.92. The Morgan fingerprint density at radius 1 is 1.03 bits per heavy atom. The molecule has 0 saturated heterocycles. The van der Waals surface area contributed by atoms with Gasteiger partial charge in [0.2, 0.25) is 0 Å². The number of methoxy groups -OCH3 is 1. The molecule has 0 bridgehead atoms. The summed E-state index contributed by atoms with van der Waals surface area (Å²) in [5, 5.41) is 13.4. The Morgan fingerprint density at radius 3 is 2.45 bits per heavy atom. The average molecular weight is 430 g/mol. The Hall–Kier alpha value is -4.01. The van der Waals surface area contributed by atoms with Gasteiger partial charge in [-0.25, -0.2) is 5.43 Å². The number of hydrogen-bond donors (Lipinski definition) is 2. The lowest BCUT2D eigenvalue weighted by atomic mass is 10.2. The van der Waals surface area contributed by atoms with E-state index in [1.807, 2.05) is 0 Å². The number of aromatic hydroxyl groups is 1. The second-order valence-corrected chi connectivity index (χ2v) is 6.29. The molecule has 9 heteroatoms. The van der Waals surface area contributed by atoms with Crippen molar-refractivity contribution in [2.75, 3.05) is 7.11 Å². The van der Waals surface area contributed by atoms with Gasteiger partial charge in [0.1, 0.15) is 11.5 Å². The number of ether oxygens (including phenoxy) is 2. The average Bonchev–Trinajstić information content (AvgIpc) is 2.74. The molecular formula is C22H17F3N2O4. The van der Waals surface area contributed by atoms with Crippen molar-refractivity contribution in [2.45, 2.75) is 6.18 Å². The Kier molecular flexibility index (Phi) is 6.44. The number of nitrogens with zero attached hydrogens (tertiary/aromatic N) is 1. The summed E-state index contributed by atoms with van der Waals surface area (Å²) in [6.07, 6.45) is -3.11. The molecule has 3 aromatic rings. The van der Waals surface area contributed by atoms with Crippen molar-refractivity contribution < 1.29 is 32.5 Å². The van der Waals surface area contributed by atoms with Crippen LogP contribution in [0.15, 0.2) is 71.8 Å². The van der Waals surface area contributed by atoms with E-state index in [1.54, 1.807) is 24.3 Å². The van der Waals surface area contributed by atoms with Crippen LogP contribution in [0.25, 0.3) is 0 Å². The number of halogens is 3. The van der Waals surface area contributed by atoms with E-state index in [4.69, 9.17) is 9.47 Å². The number of amides is 1. The zero-order valence-electron chi connectivity index (χ0n) is 16.2. The van der Waals surface area contributed by atoms with Gasteiger partial charge in [-0.2, -0.15) is 18.3 Å². The fourth-order valence-corrected chi connectivity index (χ4v) is 2.58. The molecule has 0 fully saturated rings. The molecule has 0 saturated carbocycles. The molecule has 3 rings (SSSR count). The lowest BCUT2D eigenvalue weighted by Crippen LogP contribution is -2.17. The Labute approximate surface area is 175 Å². The summed E-state index contributed by atoms with van der Waals surface area (Å²) in [5.74, 6) is -0.126. The summed E-state index contributed by atoms with van der Waals surface area (Å²) in [5.41, 5.74) is 2.31. The van der Waals surface area contributed by atoms with E-state index in [-0.39, 0.29) is 22.8 Å². The molecule has 0 spiro atoms. The Morgan fingerprint density at radius 2 is 1.74 bits per heavy atom. The lowest BCUT2D eigenvalue weighted by molar-refractivity contribution is -0.137. The quantitative estimate of drug-likeness (QED) is 0.427. The highest BCUT2D eigenvalue weighted by atomic mass is 19.4. The molecule has 0 unspecified atom stereocenters. The molecule has 0 aliphatic rings. The van der Waals surface area contributed by atoms with Gasteiger partial charge in [-0.15, -0.1) is 0 Å². The number of hydrogen-bond acceptors (Lipinski definition) is 5. The van der Waals surface area contributed by atoms with Crippen LogP contribution in [0.2, 0.25) is 0 Å². The van der Waals surface area contributed by atoms with Crippen molar-refractivity contribution in [3.63, 3.8) is 0 Å². The minimum atomic E-state index is -4.46. The minimum Gasteiger partial charge on any atom is -0.504 e. The van der Waals surface area contributed by atoms with Crippen molar-refractivity contribution >= 4 is 12.1 Å². The SMILES string of the molecule is COc1cc(C(=O)NN=Cc2cccc(Oc3cccc(C(F)(F)F)c3)c2)ccc1O. The van der Waals surface area contributed by atoms with Gasteiger partial charge >= 0.3 is 6.18 Å². The number of phenolic OH excluding ortho intramolecular Hbond substituents is 1. The second kappa shape index (κ2) is 9.21. The largest absolute Gasteiger partial charge is 0.504 e. The normalized spacial score (nSPS) is 11.4. The third-order valence-corrected chi connectivity index (χ3v) is 4.08. The van der Waals surface area contributed by atoms with Gasteiger partial charge in [-0.05, 0) is 54.1 Å². The van der Waals surface area contributed by atoms with E-state index in [9.17, 15) is 23.1 Å². The summed E-state index contributed by atoms with van der Waals surface area (Å²) < 4.78 is 49.0. The van der Waals surface area contributed by atoms with E-state index in [1.165, 1.54) is 43.7 Å². The summed E-state index contributed by atoms with van der Waals surface area (Å²) in [4.78, 5) is 12.2. The Balaban J connectivity index is 1.67. The molecule has 0 heterocycles. The van der Waals surface area contributed by atoms with Gasteiger partial charge in [0, 0.05) is 5.56 Å². The monoisotopic (exact) mass is 430 g/mol. The Bertz CT molecular complexity index is 1110. The molecule has 2 N–H and O–H groups in total. The molecule has 3 aromatic carbocycles. The third kappa shape index (κ3) is 5.75. The molecule has 0 aliphatic carbocycles. The van der Waals surface area contributed by atoms with Crippen LogP contribution >= 0.6 is 0 Å². The zero-order chi connectivity index (χ0) is 22.4. The van der Waals surface area contributed by atoms with Gasteiger partial charge in [0.15, 0.2) is 11.5 Å². The molecule has 160 valence electrons. The predicted molar refractivity (Wildman–Crippen MR) is 108 cm³/mol. The van der Waals surface area contributed by atoms with E-state index in [0.29, 0.717) is 11.3 Å². The van der Waals surface area contributed by atoms with Crippen LogP contribution in [0, 0.1) is 0 Å². The van der Waals surface area contributed by atoms with Crippen LogP contribution in [0.4, 0.5) is 13.2 Å². The maximum atomic E-state index is 12.8. The van der Waals surface area contributed by atoms with Gasteiger partial charge in [-0.3, -0.25) is 4.79 Å². The van der Waals surface area contributed by atoms with Crippen LogP contribution in [0.1, 0.15) is 21.5 Å². The fraction of sp³-hybridized carbons (Fsp3) is 0.0909. The number of benzene rings is 3. The van der Waals surface area contributed by atoms with Crippen molar-refractivity contribution in [2.24, 2.45) is 5.10 Å². The van der Waals surface area contributed by atoms with Crippen LogP contribution < -0.4 is 14.9 Å². The highest BCUT2D eigenvalue weighted by molar-refractivity contribution is 5.95. The van der Waals surface area contributed by atoms with E-state index in [0.717, 1.165) is 12.1 Å². The number of rotatable bonds is 6. The van der Waals surface area contributed by atoms with Gasteiger partial charge in [0.05, 0.1) is 18.9 Å². The second-order valence-electron chi connectivity index (χ2n) is 6.29. The van der Waals surface area contributed by atoms with Crippen LogP contribution in [-0.4, -0.2) is 24.3 Å². The van der Waals surface area contributed by atoms with Crippen LogP contribution in [0.5, 0.6) is 23.0 Å². The summed E-state index contributed by atoms with van der Waals surface area (Å²) >= 11 is 0. The minimum absolute atomic E-state index is 0.0403. The topological polar surface area (TPSA) is 80.2 Å². The number of hydrazone groups is 1. The highest BCUT2D eigenvalue weighted by Crippen LogP contribution is 2.32. The van der Waals surface area contributed by atoms with E-state index >= 15 is 0 Å².